The number of benzene rings is 2. The topological polar surface area (TPSA) is 46.2 Å². The van der Waals surface area contributed by atoms with Gasteiger partial charge in [0.1, 0.15) is 5.82 Å². The maximum absolute atomic E-state index is 13.0. The second-order valence-corrected chi connectivity index (χ2v) is 5.05. The number of aliphatic hydroxyl groups excluding tert-OH is 1. The summed E-state index contributed by atoms with van der Waals surface area (Å²) in [6.45, 7) is 0. The molecule has 94 valence electrons. The van der Waals surface area contributed by atoms with E-state index in [-0.39, 0.29) is 5.82 Å². The Balaban J connectivity index is 1.98. The first-order valence-corrected chi connectivity index (χ1v) is 6.55. The van der Waals surface area contributed by atoms with Crippen LogP contribution in [0.5, 0.6) is 0 Å². The molecule has 0 amide bonds. The molecular formula is C14H14FNOS. The van der Waals surface area contributed by atoms with Crippen molar-refractivity contribution in [3.05, 3.63) is 59.9 Å². The van der Waals surface area contributed by atoms with Crippen molar-refractivity contribution in [2.45, 2.75) is 11.0 Å². The average molecular weight is 263 g/mol. The summed E-state index contributed by atoms with van der Waals surface area (Å²) in [5.41, 5.74) is 7.06. The Labute approximate surface area is 110 Å². The third-order valence-electron chi connectivity index (χ3n) is 2.50. The van der Waals surface area contributed by atoms with Crippen LogP contribution in [-0.2, 0) is 0 Å². The number of thioether (sulfide) groups is 1. The predicted octanol–water partition coefficient (Wildman–Crippen LogP) is 3.23. The van der Waals surface area contributed by atoms with Crippen LogP contribution in [0.25, 0.3) is 0 Å². The first-order chi connectivity index (χ1) is 8.65. The Bertz CT molecular complexity index is 533. The van der Waals surface area contributed by atoms with E-state index in [4.69, 9.17) is 5.73 Å². The molecule has 0 bridgehead atoms. The number of aliphatic hydroxyl groups is 1. The van der Waals surface area contributed by atoms with Crippen LogP contribution in [-0.4, -0.2) is 10.9 Å². The van der Waals surface area contributed by atoms with E-state index in [2.05, 4.69) is 0 Å². The molecule has 0 radical (unpaired) electrons. The summed E-state index contributed by atoms with van der Waals surface area (Å²) < 4.78 is 13.0. The Morgan fingerprint density at radius 2 is 1.94 bits per heavy atom. The number of nitrogens with two attached hydrogens (primary N) is 1. The van der Waals surface area contributed by atoms with Gasteiger partial charge in [-0.25, -0.2) is 4.39 Å². The lowest BCUT2D eigenvalue weighted by atomic mass is 10.1. The van der Waals surface area contributed by atoms with Gasteiger partial charge in [0, 0.05) is 16.3 Å². The van der Waals surface area contributed by atoms with Gasteiger partial charge in [-0.2, -0.15) is 0 Å². The van der Waals surface area contributed by atoms with Crippen LogP contribution >= 0.6 is 11.8 Å². The zero-order valence-corrected chi connectivity index (χ0v) is 10.5. The Morgan fingerprint density at radius 3 is 2.67 bits per heavy atom. The highest BCUT2D eigenvalue weighted by Gasteiger charge is 2.08. The van der Waals surface area contributed by atoms with Crippen LogP contribution in [0.1, 0.15) is 11.7 Å². The molecule has 18 heavy (non-hydrogen) atoms. The summed E-state index contributed by atoms with van der Waals surface area (Å²) in [4.78, 5) is 0.804. The first kappa shape index (κ1) is 12.9. The third-order valence-corrected chi connectivity index (χ3v) is 3.57. The van der Waals surface area contributed by atoms with Crippen LogP contribution < -0.4 is 5.73 Å². The maximum atomic E-state index is 13.0. The molecule has 0 saturated carbocycles. The quantitative estimate of drug-likeness (QED) is 0.657. The molecule has 2 aromatic carbocycles. The zero-order valence-electron chi connectivity index (χ0n) is 9.71. The SMILES string of the molecule is Nc1cccc(C(O)CSc2cccc(F)c2)c1. The van der Waals surface area contributed by atoms with Gasteiger partial charge < -0.3 is 10.8 Å². The molecule has 4 heteroatoms. The van der Waals surface area contributed by atoms with E-state index in [0.717, 1.165) is 10.5 Å². The summed E-state index contributed by atoms with van der Waals surface area (Å²) in [5.74, 6) is 0.200. The van der Waals surface area contributed by atoms with Crippen LogP contribution in [0.3, 0.4) is 0 Å². The number of anilines is 1. The maximum Gasteiger partial charge on any atom is 0.124 e. The molecule has 0 heterocycles. The van der Waals surface area contributed by atoms with Crippen molar-refractivity contribution < 1.29 is 9.50 Å². The van der Waals surface area contributed by atoms with Gasteiger partial charge in [0.15, 0.2) is 0 Å². The van der Waals surface area contributed by atoms with Gasteiger partial charge in [0.25, 0.3) is 0 Å². The van der Waals surface area contributed by atoms with Gasteiger partial charge >= 0.3 is 0 Å². The number of nitrogen functional groups attached to an aromatic ring is 1. The van der Waals surface area contributed by atoms with Crippen molar-refractivity contribution in [2.24, 2.45) is 0 Å². The minimum atomic E-state index is -0.609. The molecule has 0 aliphatic rings. The zero-order chi connectivity index (χ0) is 13.0. The molecule has 2 nitrogen and oxygen atoms in total. The highest BCUT2D eigenvalue weighted by molar-refractivity contribution is 7.99. The summed E-state index contributed by atoms with van der Waals surface area (Å²) in [6, 6.07) is 13.5. The lowest BCUT2D eigenvalue weighted by Crippen LogP contribution is -2.01. The number of halogens is 1. The fourth-order valence-corrected chi connectivity index (χ4v) is 2.51. The molecule has 0 aliphatic heterocycles. The molecule has 0 fully saturated rings. The van der Waals surface area contributed by atoms with Gasteiger partial charge in [-0.1, -0.05) is 18.2 Å². The predicted molar refractivity (Wildman–Crippen MR) is 72.9 cm³/mol. The fourth-order valence-electron chi connectivity index (χ4n) is 1.59. The molecule has 0 aliphatic carbocycles. The largest absolute Gasteiger partial charge is 0.399 e. The van der Waals surface area contributed by atoms with Crippen molar-refractivity contribution in [2.75, 3.05) is 11.5 Å². The minimum Gasteiger partial charge on any atom is -0.399 e. The normalized spacial score (nSPS) is 12.3. The molecule has 3 N–H and O–H groups in total. The van der Waals surface area contributed by atoms with E-state index < -0.39 is 6.10 Å². The summed E-state index contributed by atoms with van der Waals surface area (Å²) >= 11 is 1.41. The Morgan fingerprint density at radius 1 is 1.17 bits per heavy atom. The van der Waals surface area contributed by atoms with E-state index >= 15 is 0 Å². The first-order valence-electron chi connectivity index (χ1n) is 5.57. The smallest absolute Gasteiger partial charge is 0.124 e. The van der Waals surface area contributed by atoms with Crippen molar-refractivity contribution in [1.29, 1.82) is 0 Å². The second-order valence-electron chi connectivity index (χ2n) is 3.95. The van der Waals surface area contributed by atoms with E-state index in [9.17, 15) is 9.50 Å². The van der Waals surface area contributed by atoms with Gasteiger partial charge in [-0.05, 0) is 35.9 Å². The lowest BCUT2D eigenvalue weighted by Gasteiger charge is -2.11. The lowest BCUT2D eigenvalue weighted by molar-refractivity contribution is 0.204. The minimum absolute atomic E-state index is 0.265. The highest BCUT2D eigenvalue weighted by Crippen LogP contribution is 2.25. The van der Waals surface area contributed by atoms with Gasteiger partial charge in [0.05, 0.1) is 6.10 Å². The Hall–Kier alpha value is -1.52. The van der Waals surface area contributed by atoms with Crippen molar-refractivity contribution in [3.8, 4) is 0 Å². The molecule has 0 aromatic heterocycles. The van der Waals surface area contributed by atoms with Crippen LogP contribution in [0.2, 0.25) is 0 Å². The molecule has 0 spiro atoms. The molecular weight excluding hydrogens is 249 g/mol. The average Bonchev–Trinajstić information content (AvgIpc) is 2.36. The molecule has 2 rings (SSSR count). The van der Waals surface area contributed by atoms with Gasteiger partial charge in [-0.3, -0.25) is 0 Å². The number of hydrogen-bond donors (Lipinski definition) is 2. The summed E-state index contributed by atoms with van der Waals surface area (Å²) in [5, 5.41) is 10.0. The van der Waals surface area contributed by atoms with Crippen molar-refractivity contribution >= 4 is 17.4 Å². The van der Waals surface area contributed by atoms with Gasteiger partial charge in [-0.15, -0.1) is 11.8 Å². The van der Waals surface area contributed by atoms with Crippen LogP contribution in [0.4, 0.5) is 10.1 Å². The van der Waals surface area contributed by atoms with Crippen molar-refractivity contribution in [1.82, 2.24) is 0 Å². The van der Waals surface area contributed by atoms with Gasteiger partial charge in [0.2, 0.25) is 0 Å². The number of rotatable bonds is 4. The monoisotopic (exact) mass is 263 g/mol. The van der Waals surface area contributed by atoms with Crippen molar-refractivity contribution in [3.63, 3.8) is 0 Å². The standard InChI is InChI=1S/C14H14FNOS/c15-11-4-2-6-13(8-11)18-9-14(17)10-3-1-5-12(16)7-10/h1-8,14,17H,9,16H2. The van der Waals surface area contributed by atoms with Crippen LogP contribution in [0.15, 0.2) is 53.4 Å². The molecule has 1 atom stereocenters. The Kier molecular flexibility index (Phi) is 4.23. The van der Waals surface area contributed by atoms with E-state index in [1.54, 1.807) is 24.3 Å². The fraction of sp³-hybridized carbons (Fsp3) is 0.143. The van der Waals surface area contributed by atoms with E-state index in [0.29, 0.717) is 11.4 Å². The van der Waals surface area contributed by atoms with E-state index in [1.807, 2.05) is 12.1 Å². The summed E-state index contributed by atoms with van der Waals surface area (Å²) in [6.07, 6.45) is -0.609. The highest BCUT2D eigenvalue weighted by atomic mass is 32.2. The number of hydrogen-bond acceptors (Lipinski definition) is 3. The molecule has 1 unspecified atom stereocenters. The second kappa shape index (κ2) is 5.89. The van der Waals surface area contributed by atoms with E-state index in [1.165, 1.54) is 23.9 Å². The third kappa shape index (κ3) is 3.48. The van der Waals surface area contributed by atoms with Crippen LogP contribution in [0, 0.1) is 5.82 Å². The molecule has 2 aromatic rings. The summed E-state index contributed by atoms with van der Waals surface area (Å²) in [7, 11) is 0. The molecule has 0 saturated heterocycles.